The highest BCUT2D eigenvalue weighted by Crippen LogP contribution is 2.18. The third kappa shape index (κ3) is 4.36. The molecular formula is C16H23N5O3S. The summed E-state index contributed by atoms with van der Waals surface area (Å²) in [6, 6.07) is 6.42. The lowest BCUT2D eigenvalue weighted by atomic mass is 10.0. The minimum absolute atomic E-state index is 0.0920. The number of benzene rings is 1. The van der Waals surface area contributed by atoms with Crippen molar-refractivity contribution >= 4 is 10.0 Å². The van der Waals surface area contributed by atoms with E-state index in [0.717, 1.165) is 19.4 Å². The van der Waals surface area contributed by atoms with Crippen LogP contribution in [0, 0.1) is 0 Å². The predicted octanol–water partition coefficient (Wildman–Crippen LogP) is 0.813. The smallest absolute Gasteiger partial charge is 0.240 e. The fourth-order valence-electron chi connectivity index (χ4n) is 2.79. The van der Waals surface area contributed by atoms with Crippen LogP contribution in [0.25, 0.3) is 0 Å². The monoisotopic (exact) mass is 365 g/mol. The molecule has 1 aliphatic heterocycles. The molecule has 1 fully saturated rings. The van der Waals surface area contributed by atoms with Crippen molar-refractivity contribution in [3.05, 3.63) is 36.4 Å². The summed E-state index contributed by atoms with van der Waals surface area (Å²) in [6.07, 6.45) is 3.26. The summed E-state index contributed by atoms with van der Waals surface area (Å²) >= 11 is 0. The summed E-state index contributed by atoms with van der Waals surface area (Å²) in [6.45, 7) is 3.19. The molecule has 1 aromatic carbocycles. The number of aryl methyl sites for hydroxylation is 1. The van der Waals surface area contributed by atoms with E-state index in [9.17, 15) is 8.42 Å². The average Bonchev–Trinajstić information content (AvgIpc) is 3.00. The van der Waals surface area contributed by atoms with Gasteiger partial charge in [-0.05, 0) is 50.6 Å². The molecule has 1 saturated heterocycles. The summed E-state index contributed by atoms with van der Waals surface area (Å²) in [5, 5.41) is 7.26. The van der Waals surface area contributed by atoms with E-state index in [1.165, 1.54) is 6.33 Å². The molecule has 0 amide bonds. The van der Waals surface area contributed by atoms with Crippen molar-refractivity contribution in [3.8, 4) is 5.75 Å². The molecule has 3 rings (SSSR count). The van der Waals surface area contributed by atoms with Crippen LogP contribution in [0.3, 0.4) is 0 Å². The Morgan fingerprint density at radius 2 is 2.12 bits per heavy atom. The first-order chi connectivity index (χ1) is 12.0. The van der Waals surface area contributed by atoms with E-state index in [2.05, 4.69) is 20.1 Å². The van der Waals surface area contributed by atoms with Crippen LogP contribution in [0.15, 0.2) is 35.5 Å². The van der Waals surface area contributed by atoms with Gasteiger partial charge in [0.05, 0.1) is 4.90 Å². The second-order valence-electron chi connectivity index (χ2n) is 6.17. The van der Waals surface area contributed by atoms with Gasteiger partial charge in [-0.15, -0.1) is 0 Å². The van der Waals surface area contributed by atoms with Gasteiger partial charge in [0.1, 0.15) is 18.7 Å². The van der Waals surface area contributed by atoms with Gasteiger partial charge >= 0.3 is 0 Å². The Morgan fingerprint density at radius 3 is 2.76 bits per heavy atom. The van der Waals surface area contributed by atoms with Gasteiger partial charge in [-0.25, -0.2) is 18.1 Å². The largest absolute Gasteiger partial charge is 0.486 e. The van der Waals surface area contributed by atoms with Gasteiger partial charge in [0.25, 0.3) is 0 Å². The number of hydrogen-bond acceptors (Lipinski definition) is 6. The number of piperidine rings is 1. The first-order valence-corrected chi connectivity index (χ1v) is 9.75. The van der Waals surface area contributed by atoms with Crippen LogP contribution in [0.4, 0.5) is 0 Å². The summed E-state index contributed by atoms with van der Waals surface area (Å²) in [5.74, 6) is 1.27. The molecule has 136 valence electrons. The number of nitrogens with one attached hydrogen (secondary N) is 2. The Bertz CT molecular complexity index is 803. The zero-order chi connectivity index (χ0) is 17.9. The summed E-state index contributed by atoms with van der Waals surface area (Å²) in [5.41, 5.74) is 0. The van der Waals surface area contributed by atoms with Gasteiger partial charge < -0.3 is 10.1 Å². The molecule has 8 nitrogen and oxygen atoms in total. The van der Waals surface area contributed by atoms with E-state index in [4.69, 9.17) is 4.74 Å². The molecule has 9 heteroatoms. The summed E-state index contributed by atoms with van der Waals surface area (Å²) in [4.78, 5) is 4.31. The van der Waals surface area contributed by atoms with Gasteiger partial charge in [0.2, 0.25) is 10.0 Å². The van der Waals surface area contributed by atoms with Crippen molar-refractivity contribution in [1.29, 1.82) is 0 Å². The SMILES string of the molecule is CC1NCCCC1NS(=O)(=O)c1ccc(OCc2ncnn2C)cc1. The molecule has 1 aliphatic rings. The van der Waals surface area contributed by atoms with Gasteiger partial charge in [0, 0.05) is 19.1 Å². The van der Waals surface area contributed by atoms with Crippen molar-refractivity contribution in [2.45, 2.75) is 43.4 Å². The van der Waals surface area contributed by atoms with E-state index < -0.39 is 10.0 Å². The third-order valence-electron chi connectivity index (χ3n) is 4.38. The minimum Gasteiger partial charge on any atom is -0.486 e. The number of sulfonamides is 1. The van der Waals surface area contributed by atoms with E-state index in [1.807, 2.05) is 6.92 Å². The molecule has 1 aromatic heterocycles. The highest BCUT2D eigenvalue weighted by Gasteiger charge is 2.26. The lowest BCUT2D eigenvalue weighted by molar-refractivity contribution is 0.289. The molecule has 25 heavy (non-hydrogen) atoms. The van der Waals surface area contributed by atoms with E-state index in [0.29, 0.717) is 11.6 Å². The van der Waals surface area contributed by atoms with Crippen LogP contribution in [-0.2, 0) is 23.7 Å². The third-order valence-corrected chi connectivity index (χ3v) is 5.88. The molecule has 2 atom stereocenters. The molecule has 0 spiro atoms. The molecule has 2 N–H and O–H groups in total. The second-order valence-corrected chi connectivity index (χ2v) is 7.89. The van der Waals surface area contributed by atoms with E-state index in [1.54, 1.807) is 36.0 Å². The van der Waals surface area contributed by atoms with Gasteiger partial charge in [-0.1, -0.05) is 0 Å². The Labute approximate surface area is 147 Å². The first kappa shape index (κ1) is 17.8. The van der Waals surface area contributed by atoms with E-state index in [-0.39, 0.29) is 23.6 Å². The highest BCUT2D eigenvalue weighted by atomic mass is 32.2. The van der Waals surface area contributed by atoms with Crippen LogP contribution < -0.4 is 14.8 Å². The number of aromatic nitrogens is 3. The lowest BCUT2D eigenvalue weighted by Gasteiger charge is -2.30. The standard InChI is InChI=1S/C16H23N5O3S/c1-12-15(4-3-9-17-12)20-25(22,23)14-7-5-13(6-8-14)24-10-16-18-11-19-21(16)2/h5-8,11-12,15,17,20H,3-4,9-10H2,1-2H3. The number of nitrogens with zero attached hydrogens (tertiary/aromatic N) is 3. The van der Waals surface area contributed by atoms with Crippen LogP contribution >= 0.6 is 0 Å². The van der Waals surface area contributed by atoms with Crippen molar-refractivity contribution in [2.75, 3.05) is 6.54 Å². The Kier molecular flexibility index (Phi) is 5.36. The Morgan fingerprint density at radius 1 is 1.36 bits per heavy atom. The maximum absolute atomic E-state index is 12.5. The predicted molar refractivity (Wildman–Crippen MR) is 92.6 cm³/mol. The fourth-order valence-corrected chi connectivity index (χ4v) is 4.14. The zero-order valence-electron chi connectivity index (χ0n) is 14.3. The van der Waals surface area contributed by atoms with Gasteiger partial charge in [-0.3, -0.25) is 4.68 Å². The molecule has 0 saturated carbocycles. The van der Waals surface area contributed by atoms with Crippen molar-refractivity contribution in [1.82, 2.24) is 24.8 Å². The Hall–Kier alpha value is -1.97. The maximum atomic E-state index is 12.5. The normalized spacial score (nSPS) is 21.2. The van der Waals surface area contributed by atoms with E-state index >= 15 is 0 Å². The molecule has 2 heterocycles. The maximum Gasteiger partial charge on any atom is 0.240 e. The van der Waals surface area contributed by atoms with Crippen LogP contribution in [-0.4, -0.2) is 41.8 Å². The first-order valence-electron chi connectivity index (χ1n) is 8.27. The number of hydrogen-bond donors (Lipinski definition) is 2. The van der Waals surface area contributed by atoms with Gasteiger partial charge in [-0.2, -0.15) is 5.10 Å². The fraction of sp³-hybridized carbons (Fsp3) is 0.500. The quantitative estimate of drug-likeness (QED) is 0.786. The Balaban J connectivity index is 1.63. The van der Waals surface area contributed by atoms with Crippen LogP contribution in [0.2, 0.25) is 0 Å². The molecule has 2 unspecified atom stereocenters. The minimum atomic E-state index is -3.55. The second kappa shape index (κ2) is 7.51. The summed E-state index contributed by atoms with van der Waals surface area (Å²) < 4.78 is 35.1. The van der Waals surface area contributed by atoms with Crippen LogP contribution in [0.5, 0.6) is 5.75 Å². The van der Waals surface area contributed by atoms with Crippen molar-refractivity contribution in [3.63, 3.8) is 0 Å². The molecule has 0 bridgehead atoms. The zero-order valence-corrected chi connectivity index (χ0v) is 15.2. The van der Waals surface area contributed by atoms with Crippen LogP contribution in [0.1, 0.15) is 25.6 Å². The average molecular weight is 365 g/mol. The van der Waals surface area contributed by atoms with Gasteiger partial charge in [0.15, 0.2) is 5.82 Å². The summed E-state index contributed by atoms with van der Waals surface area (Å²) in [7, 11) is -1.76. The molecule has 2 aromatic rings. The highest BCUT2D eigenvalue weighted by molar-refractivity contribution is 7.89. The molecule has 0 radical (unpaired) electrons. The number of ether oxygens (including phenoxy) is 1. The topological polar surface area (TPSA) is 98.1 Å². The van der Waals surface area contributed by atoms with Crippen molar-refractivity contribution < 1.29 is 13.2 Å². The molecular weight excluding hydrogens is 342 g/mol. The number of rotatable bonds is 6. The lowest BCUT2D eigenvalue weighted by Crippen LogP contribution is -2.51. The molecule has 0 aliphatic carbocycles. The van der Waals surface area contributed by atoms with Crippen molar-refractivity contribution in [2.24, 2.45) is 7.05 Å².